The topological polar surface area (TPSA) is 67.9 Å². The predicted octanol–water partition coefficient (Wildman–Crippen LogP) is 2.23. The monoisotopic (exact) mass is 334 g/mol. The van der Waals surface area contributed by atoms with Crippen LogP contribution in [0.3, 0.4) is 0 Å². The van der Waals surface area contributed by atoms with Crippen LogP contribution in [-0.4, -0.2) is 50.6 Å². The van der Waals surface area contributed by atoms with E-state index in [1.807, 2.05) is 4.90 Å². The van der Waals surface area contributed by atoms with Gasteiger partial charge in [-0.1, -0.05) is 12.5 Å². The number of likely N-dealkylation sites (tertiary alicyclic amines) is 1. The van der Waals surface area contributed by atoms with Gasteiger partial charge in [-0.2, -0.15) is 0 Å². The van der Waals surface area contributed by atoms with Crippen molar-refractivity contribution in [2.45, 2.75) is 32.1 Å². The van der Waals surface area contributed by atoms with E-state index in [1.54, 1.807) is 18.2 Å². The van der Waals surface area contributed by atoms with Gasteiger partial charge < -0.3 is 19.7 Å². The summed E-state index contributed by atoms with van der Waals surface area (Å²) in [6.07, 6.45) is 4.56. The quantitative estimate of drug-likeness (QED) is 0.777. The third-order valence-corrected chi connectivity index (χ3v) is 4.21. The van der Waals surface area contributed by atoms with Crippen molar-refractivity contribution in [3.05, 3.63) is 23.8 Å². The molecule has 0 aliphatic carbocycles. The fraction of sp³-hybridized carbons (Fsp3) is 0.556. The maximum Gasteiger partial charge on any atom is 0.255 e. The van der Waals surface area contributed by atoms with E-state index in [1.165, 1.54) is 14.2 Å². The molecule has 6 nitrogen and oxygen atoms in total. The zero-order valence-electron chi connectivity index (χ0n) is 14.5. The van der Waals surface area contributed by atoms with Crippen LogP contribution in [0.25, 0.3) is 0 Å². The number of hydrogen-bond donors (Lipinski definition) is 1. The SMILES string of the molecule is COc1cccc(C(=O)NCCCN2CCCCCC2=O)c1OC. The minimum Gasteiger partial charge on any atom is -0.493 e. The Morgan fingerprint density at radius 2 is 2.04 bits per heavy atom. The molecule has 1 aliphatic rings. The molecule has 1 aliphatic heterocycles. The Labute approximate surface area is 143 Å². The van der Waals surface area contributed by atoms with Crippen LogP contribution in [0.2, 0.25) is 0 Å². The van der Waals surface area contributed by atoms with Crippen LogP contribution in [0.5, 0.6) is 11.5 Å². The summed E-state index contributed by atoms with van der Waals surface area (Å²) in [5.41, 5.74) is 0.447. The number of hydrogen-bond acceptors (Lipinski definition) is 4. The fourth-order valence-corrected chi connectivity index (χ4v) is 2.91. The molecule has 0 atom stereocenters. The first-order valence-electron chi connectivity index (χ1n) is 8.44. The van der Waals surface area contributed by atoms with E-state index in [2.05, 4.69) is 5.32 Å². The first kappa shape index (κ1) is 18.1. The van der Waals surface area contributed by atoms with E-state index >= 15 is 0 Å². The lowest BCUT2D eigenvalue weighted by Gasteiger charge is -2.20. The summed E-state index contributed by atoms with van der Waals surface area (Å²) in [6, 6.07) is 5.21. The number of ether oxygens (including phenoxy) is 2. The number of methoxy groups -OCH3 is 2. The van der Waals surface area contributed by atoms with E-state index in [4.69, 9.17) is 9.47 Å². The number of para-hydroxylation sites is 1. The molecule has 1 aromatic carbocycles. The van der Waals surface area contributed by atoms with Gasteiger partial charge in [0.05, 0.1) is 19.8 Å². The lowest BCUT2D eigenvalue weighted by Crippen LogP contribution is -2.34. The number of carbonyl (C=O) groups is 2. The molecule has 24 heavy (non-hydrogen) atoms. The predicted molar refractivity (Wildman–Crippen MR) is 91.5 cm³/mol. The Morgan fingerprint density at radius 1 is 1.21 bits per heavy atom. The van der Waals surface area contributed by atoms with E-state index in [9.17, 15) is 9.59 Å². The molecular formula is C18H26N2O4. The van der Waals surface area contributed by atoms with Crippen molar-refractivity contribution in [3.8, 4) is 11.5 Å². The Balaban J connectivity index is 1.84. The zero-order valence-corrected chi connectivity index (χ0v) is 14.5. The zero-order chi connectivity index (χ0) is 17.4. The minimum absolute atomic E-state index is 0.201. The number of rotatable bonds is 7. The summed E-state index contributed by atoms with van der Waals surface area (Å²) >= 11 is 0. The molecule has 6 heteroatoms. The second-order valence-corrected chi connectivity index (χ2v) is 5.84. The summed E-state index contributed by atoms with van der Waals surface area (Å²) in [5, 5.41) is 2.88. The van der Waals surface area contributed by atoms with E-state index in [0.29, 0.717) is 36.6 Å². The average Bonchev–Trinajstić information content (AvgIpc) is 2.81. The van der Waals surface area contributed by atoms with Crippen LogP contribution >= 0.6 is 0 Å². The number of nitrogens with zero attached hydrogens (tertiary/aromatic N) is 1. The van der Waals surface area contributed by atoms with Gasteiger partial charge in [-0.15, -0.1) is 0 Å². The molecular weight excluding hydrogens is 308 g/mol. The molecule has 0 saturated carbocycles. The first-order valence-corrected chi connectivity index (χ1v) is 8.44. The number of carbonyl (C=O) groups excluding carboxylic acids is 2. The number of amides is 2. The van der Waals surface area contributed by atoms with Crippen molar-refractivity contribution < 1.29 is 19.1 Å². The summed E-state index contributed by atoms with van der Waals surface area (Å²) in [4.78, 5) is 26.2. The second kappa shape index (κ2) is 9.15. The van der Waals surface area contributed by atoms with Gasteiger partial charge in [-0.3, -0.25) is 9.59 Å². The molecule has 0 spiro atoms. The molecule has 0 unspecified atom stereocenters. The normalized spacial score (nSPS) is 14.9. The molecule has 2 amide bonds. The smallest absolute Gasteiger partial charge is 0.255 e. The van der Waals surface area contributed by atoms with Crippen LogP contribution in [0, 0.1) is 0 Å². The van der Waals surface area contributed by atoms with Gasteiger partial charge in [0.25, 0.3) is 5.91 Å². The van der Waals surface area contributed by atoms with E-state index in [-0.39, 0.29) is 11.8 Å². The van der Waals surface area contributed by atoms with Crippen molar-refractivity contribution >= 4 is 11.8 Å². The van der Waals surface area contributed by atoms with Crippen LogP contribution < -0.4 is 14.8 Å². The van der Waals surface area contributed by atoms with Crippen LogP contribution in [0.15, 0.2) is 18.2 Å². The highest BCUT2D eigenvalue weighted by atomic mass is 16.5. The van der Waals surface area contributed by atoms with Gasteiger partial charge in [0.15, 0.2) is 11.5 Å². The summed E-state index contributed by atoms with van der Waals surface area (Å²) in [6.45, 7) is 2.04. The summed E-state index contributed by atoms with van der Waals surface area (Å²) < 4.78 is 10.5. The maximum absolute atomic E-state index is 12.3. The largest absolute Gasteiger partial charge is 0.493 e. The second-order valence-electron chi connectivity index (χ2n) is 5.84. The highest BCUT2D eigenvalue weighted by molar-refractivity contribution is 5.97. The summed E-state index contributed by atoms with van der Waals surface area (Å²) in [7, 11) is 3.05. The van der Waals surface area contributed by atoms with Crippen LogP contribution in [-0.2, 0) is 4.79 Å². The van der Waals surface area contributed by atoms with Gasteiger partial charge in [0.1, 0.15) is 0 Å². The van der Waals surface area contributed by atoms with Gasteiger partial charge >= 0.3 is 0 Å². The molecule has 132 valence electrons. The van der Waals surface area contributed by atoms with Crippen LogP contribution in [0.1, 0.15) is 42.5 Å². The minimum atomic E-state index is -0.201. The van der Waals surface area contributed by atoms with E-state index < -0.39 is 0 Å². The van der Waals surface area contributed by atoms with Crippen LogP contribution in [0.4, 0.5) is 0 Å². The molecule has 1 heterocycles. The van der Waals surface area contributed by atoms with Crippen molar-refractivity contribution in [2.75, 3.05) is 33.9 Å². The lowest BCUT2D eigenvalue weighted by atomic mass is 10.1. The third-order valence-electron chi connectivity index (χ3n) is 4.21. The molecule has 0 radical (unpaired) electrons. The van der Waals surface area contributed by atoms with Crippen molar-refractivity contribution in [1.82, 2.24) is 10.2 Å². The van der Waals surface area contributed by atoms with Gasteiger partial charge in [-0.25, -0.2) is 0 Å². The van der Waals surface area contributed by atoms with Gasteiger partial charge in [-0.05, 0) is 31.4 Å². The molecule has 2 rings (SSSR count). The number of nitrogens with one attached hydrogen (secondary N) is 1. The molecule has 0 bridgehead atoms. The standard InChI is InChI=1S/C18H26N2O4/c1-23-15-9-6-8-14(17(15)24-2)18(22)19-11-7-13-20-12-5-3-4-10-16(20)21/h6,8-9H,3-5,7,10-13H2,1-2H3,(H,19,22). The first-order chi connectivity index (χ1) is 11.7. The Morgan fingerprint density at radius 3 is 2.79 bits per heavy atom. The fourth-order valence-electron chi connectivity index (χ4n) is 2.91. The Bertz CT molecular complexity index is 574. The van der Waals surface area contributed by atoms with Gasteiger partial charge in [0.2, 0.25) is 5.91 Å². The van der Waals surface area contributed by atoms with Crippen molar-refractivity contribution in [3.63, 3.8) is 0 Å². The Kier molecular flexibility index (Phi) is 6.90. The Hall–Kier alpha value is -2.24. The molecule has 1 aromatic rings. The highest BCUT2D eigenvalue weighted by Crippen LogP contribution is 2.30. The molecule has 0 aromatic heterocycles. The highest BCUT2D eigenvalue weighted by Gasteiger charge is 2.17. The maximum atomic E-state index is 12.3. The van der Waals surface area contributed by atoms with Crippen molar-refractivity contribution in [2.24, 2.45) is 0 Å². The third kappa shape index (κ3) is 4.63. The van der Waals surface area contributed by atoms with Gasteiger partial charge in [0, 0.05) is 26.1 Å². The average molecular weight is 334 g/mol. The molecule has 1 fully saturated rings. The number of benzene rings is 1. The molecule has 1 N–H and O–H groups in total. The van der Waals surface area contributed by atoms with E-state index in [0.717, 1.165) is 32.2 Å². The molecule has 1 saturated heterocycles. The summed E-state index contributed by atoms with van der Waals surface area (Å²) in [5.74, 6) is 0.988. The lowest BCUT2D eigenvalue weighted by molar-refractivity contribution is -0.130. The van der Waals surface area contributed by atoms with Crippen molar-refractivity contribution in [1.29, 1.82) is 0 Å².